The van der Waals surface area contributed by atoms with Crippen LogP contribution in [0, 0.1) is 0 Å². The summed E-state index contributed by atoms with van der Waals surface area (Å²) in [5, 5.41) is 26.4. The number of aliphatic hydroxyl groups excluding tert-OH is 2. The van der Waals surface area contributed by atoms with E-state index in [2.05, 4.69) is 0 Å². The van der Waals surface area contributed by atoms with Gasteiger partial charge in [0.05, 0.1) is 21.1 Å². The molecule has 0 amide bonds. The summed E-state index contributed by atoms with van der Waals surface area (Å²) in [5.74, 6) is -1.39. The predicted molar refractivity (Wildman–Crippen MR) is 42.5 cm³/mol. The topological polar surface area (TPSA) is 77.8 Å². The number of carboxylic acid groups (broad SMARTS) is 1. The molecule has 0 bridgehead atoms. The molecule has 2 atom stereocenters. The lowest BCUT2D eigenvalue weighted by Gasteiger charge is -2.27. The molecule has 0 saturated heterocycles. The highest BCUT2D eigenvalue weighted by atomic mass is 16.4. The Bertz CT molecular complexity index is 163. The van der Waals surface area contributed by atoms with Crippen molar-refractivity contribution in [2.75, 3.05) is 27.7 Å². The second-order valence-electron chi connectivity index (χ2n) is 3.82. The summed E-state index contributed by atoms with van der Waals surface area (Å²) >= 11 is 0. The van der Waals surface area contributed by atoms with Crippen molar-refractivity contribution < 1.29 is 24.6 Å². The van der Waals surface area contributed by atoms with Gasteiger partial charge in [-0.15, -0.1) is 0 Å². The first-order valence-electron chi connectivity index (χ1n) is 3.63. The Labute approximate surface area is 71.4 Å². The second-order valence-corrected chi connectivity index (χ2v) is 3.82. The second kappa shape index (κ2) is 3.84. The van der Waals surface area contributed by atoms with Gasteiger partial charge in [-0.2, -0.15) is 0 Å². The minimum atomic E-state index is -1.69. The van der Waals surface area contributed by atoms with Gasteiger partial charge in [0.1, 0.15) is 12.6 Å². The third-order valence-corrected chi connectivity index (χ3v) is 1.35. The van der Waals surface area contributed by atoms with Gasteiger partial charge in [-0.05, 0) is 0 Å². The van der Waals surface area contributed by atoms with Gasteiger partial charge >= 0.3 is 5.97 Å². The minimum absolute atomic E-state index is 0.202. The van der Waals surface area contributed by atoms with Crippen LogP contribution in [0.4, 0.5) is 0 Å². The van der Waals surface area contributed by atoms with Crippen molar-refractivity contribution in [2.24, 2.45) is 0 Å². The number of carbonyl (C=O) groups is 1. The summed E-state index contributed by atoms with van der Waals surface area (Å²) in [6.45, 7) is 0.202. The number of likely N-dealkylation sites (N-methyl/N-ethyl adjacent to an activating group) is 1. The largest absolute Gasteiger partial charge is 0.479 e. The Morgan fingerprint density at radius 1 is 1.33 bits per heavy atom. The van der Waals surface area contributed by atoms with Crippen molar-refractivity contribution in [3.8, 4) is 0 Å². The van der Waals surface area contributed by atoms with Crippen molar-refractivity contribution in [1.82, 2.24) is 0 Å². The molecule has 0 saturated carbocycles. The number of nitrogens with zero attached hydrogens (tertiary/aromatic N) is 1. The first-order chi connectivity index (χ1) is 5.24. The van der Waals surface area contributed by atoms with Crippen molar-refractivity contribution in [3.05, 3.63) is 0 Å². The summed E-state index contributed by atoms with van der Waals surface area (Å²) in [6.07, 6.45) is -2.91. The molecular formula is C7H16NO4+. The van der Waals surface area contributed by atoms with Crippen molar-refractivity contribution in [2.45, 2.75) is 12.2 Å². The first-order valence-corrected chi connectivity index (χ1v) is 3.63. The number of carboxylic acids is 1. The maximum absolute atomic E-state index is 10.2. The molecule has 0 unspecified atom stereocenters. The van der Waals surface area contributed by atoms with Crippen LogP contribution in [0.1, 0.15) is 0 Å². The predicted octanol–water partition coefficient (Wildman–Crippen LogP) is -1.50. The van der Waals surface area contributed by atoms with Gasteiger partial charge in [-0.3, -0.25) is 0 Å². The fourth-order valence-electron chi connectivity index (χ4n) is 0.826. The summed E-state index contributed by atoms with van der Waals surface area (Å²) < 4.78 is 0.408. The van der Waals surface area contributed by atoms with E-state index < -0.39 is 18.2 Å². The highest BCUT2D eigenvalue weighted by Crippen LogP contribution is 2.00. The molecule has 0 heterocycles. The van der Waals surface area contributed by atoms with Crippen molar-refractivity contribution in [1.29, 1.82) is 0 Å². The van der Waals surface area contributed by atoms with Gasteiger partial charge in [0, 0.05) is 0 Å². The molecule has 0 aliphatic rings. The van der Waals surface area contributed by atoms with Crippen molar-refractivity contribution in [3.63, 3.8) is 0 Å². The lowest BCUT2D eigenvalue weighted by atomic mass is 10.2. The van der Waals surface area contributed by atoms with E-state index in [1.165, 1.54) is 0 Å². The van der Waals surface area contributed by atoms with Crippen LogP contribution in [0.3, 0.4) is 0 Å². The molecule has 5 heteroatoms. The highest BCUT2D eigenvalue weighted by Gasteiger charge is 2.28. The van der Waals surface area contributed by atoms with Gasteiger partial charge < -0.3 is 19.8 Å². The van der Waals surface area contributed by atoms with E-state index in [0.717, 1.165) is 0 Å². The van der Waals surface area contributed by atoms with E-state index in [1.54, 1.807) is 21.1 Å². The van der Waals surface area contributed by atoms with Crippen LogP contribution < -0.4 is 0 Å². The number of aliphatic carboxylic acids is 1. The fraction of sp³-hybridized carbons (Fsp3) is 0.857. The minimum Gasteiger partial charge on any atom is -0.479 e. The summed E-state index contributed by atoms with van der Waals surface area (Å²) in [5.41, 5.74) is 0. The van der Waals surface area contributed by atoms with Gasteiger partial charge in [-0.25, -0.2) is 4.79 Å². The van der Waals surface area contributed by atoms with E-state index >= 15 is 0 Å². The van der Waals surface area contributed by atoms with Crippen LogP contribution in [-0.4, -0.2) is 65.7 Å². The molecule has 72 valence electrons. The quantitative estimate of drug-likeness (QED) is 0.458. The molecule has 0 aliphatic heterocycles. The smallest absolute Gasteiger partial charge is 0.335 e. The first kappa shape index (κ1) is 11.4. The van der Waals surface area contributed by atoms with Crippen LogP contribution in [-0.2, 0) is 4.79 Å². The Kier molecular flexibility index (Phi) is 3.63. The Morgan fingerprint density at radius 2 is 1.75 bits per heavy atom. The average molecular weight is 178 g/mol. The van der Waals surface area contributed by atoms with E-state index in [4.69, 9.17) is 10.2 Å². The van der Waals surface area contributed by atoms with Gasteiger partial charge in [-0.1, -0.05) is 0 Å². The molecular weight excluding hydrogens is 162 g/mol. The third kappa shape index (κ3) is 4.27. The summed E-state index contributed by atoms with van der Waals surface area (Å²) in [6, 6.07) is 0. The lowest BCUT2D eigenvalue weighted by Crippen LogP contribution is -2.48. The van der Waals surface area contributed by atoms with Gasteiger partial charge in [0.25, 0.3) is 0 Å². The molecule has 3 N–H and O–H groups in total. The van der Waals surface area contributed by atoms with Crippen LogP contribution in [0.25, 0.3) is 0 Å². The fourth-order valence-corrected chi connectivity index (χ4v) is 0.826. The number of hydrogen-bond donors (Lipinski definition) is 3. The molecule has 0 radical (unpaired) electrons. The maximum Gasteiger partial charge on any atom is 0.335 e. The Hall–Kier alpha value is -0.650. The number of rotatable bonds is 4. The molecule has 12 heavy (non-hydrogen) atoms. The van der Waals surface area contributed by atoms with Crippen LogP contribution in [0.15, 0.2) is 0 Å². The Balaban J connectivity index is 4.04. The molecule has 0 rings (SSSR count). The molecule has 0 aromatic rings. The number of hydrogen-bond acceptors (Lipinski definition) is 3. The van der Waals surface area contributed by atoms with Gasteiger partial charge in [0.2, 0.25) is 0 Å². The molecule has 0 aliphatic carbocycles. The van der Waals surface area contributed by atoms with Crippen molar-refractivity contribution >= 4 is 5.97 Å². The monoisotopic (exact) mass is 178 g/mol. The van der Waals surface area contributed by atoms with Crippen LogP contribution in [0.5, 0.6) is 0 Å². The maximum atomic E-state index is 10.2. The zero-order chi connectivity index (χ0) is 9.94. The SMILES string of the molecule is C[N+](C)(C)C[C@H](O)[C@@H](O)C(=O)O. The van der Waals surface area contributed by atoms with E-state index in [1.807, 2.05) is 0 Å². The molecule has 0 aromatic heterocycles. The third-order valence-electron chi connectivity index (χ3n) is 1.35. The van der Waals surface area contributed by atoms with E-state index in [-0.39, 0.29) is 6.54 Å². The van der Waals surface area contributed by atoms with Crippen LogP contribution >= 0.6 is 0 Å². The standard InChI is InChI=1S/C7H15NO4/c1-8(2,3)4-5(9)6(10)7(11)12/h5-6,9-10H,4H2,1-3H3/p+1/t5-,6+/m0/s1. The van der Waals surface area contributed by atoms with Crippen LogP contribution in [0.2, 0.25) is 0 Å². The highest BCUT2D eigenvalue weighted by molar-refractivity contribution is 5.72. The zero-order valence-electron chi connectivity index (χ0n) is 7.56. The number of quaternary nitrogens is 1. The molecule has 5 nitrogen and oxygen atoms in total. The molecule has 0 aromatic carbocycles. The zero-order valence-corrected chi connectivity index (χ0v) is 7.56. The van der Waals surface area contributed by atoms with E-state index in [0.29, 0.717) is 4.48 Å². The molecule has 0 spiro atoms. The normalized spacial score (nSPS) is 17.1. The number of aliphatic hydroxyl groups is 2. The summed E-state index contributed by atoms with van der Waals surface area (Å²) in [4.78, 5) is 10.2. The molecule has 0 fully saturated rings. The average Bonchev–Trinajstić information content (AvgIpc) is 1.82. The Morgan fingerprint density at radius 3 is 2.00 bits per heavy atom. The lowest BCUT2D eigenvalue weighted by molar-refractivity contribution is -0.873. The van der Waals surface area contributed by atoms with Gasteiger partial charge in [0.15, 0.2) is 6.10 Å². The summed E-state index contributed by atoms with van der Waals surface area (Å²) in [7, 11) is 5.41. The van der Waals surface area contributed by atoms with E-state index in [9.17, 15) is 9.90 Å².